The number of fused-ring (bicyclic) bond motifs is 2. The molecule has 4 aromatic carbocycles. The highest BCUT2D eigenvalue weighted by Gasteiger charge is 2.27. The fourth-order valence-corrected chi connectivity index (χ4v) is 9.50. The number of nitrogens with zero attached hydrogens (tertiary/aromatic N) is 6. The van der Waals surface area contributed by atoms with E-state index in [2.05, 4.69) is 47.0 Å². The topological polar surface area (TPSA) is 138 Å². The van der Waals surface area contributed by atoms with Gasteiger partial charge in [0.1, 0.15) is 18.3 Å². The Balaban J connectivity index is 0.845. The van der Waals surface area contributed by atoms with Gasteiger partial charge in [-0.1, -0.05) is 134 Å². The van der Waals surface area contributed by atoms with Crippen LogP contribution in [0.3, 0.4) is 0 Å². The molecule has 312 valence electrons. The van der Waals surface area contributed by atoms with Gasteiger partial charge in [0.25, 0.3) is 0 Å². The van der Waals surface area contributed by atoms with E-state index in [0.29, 0.717) is 23.1 Å². The van der Waals surface area contributed by atoms with Gasteiger partial charge in [-0.3, -0.25) is 4.79 Å². The fourth-order valence-electron chi connectivity index (χ4n) is 7.85. The summed E-state index contributed by atoms with van der Waals surface area (Å²) in [7, 11) is 0. The molecule has 62 heavy (non-hydrogen) atoms. The summed E-state index contributed by atoms with van der Waals surface area (Å²) in [4.78, 5) is 25.1. The number of imidazole rings is 2. The average Bonchev–Trinajstić information content (AvgIpc) is 4.17. The van der Waals surface area contributed by atoms with Crippen LogP contribution < -0.4 is 10.6 Å². The monoisotopic (exact) mass is 862 g/mol. The van der Waals surface area contributed by atoms with E-state index >= 15 is 0 Å². The lowest BCUT2D eigenvalue weighted by Crippen LogP contribution is -2.25. The lowest BCUT2D eigenvalue weighted by molar-refractivity contribution is -0.121. The number of anilines is 2. The molecule has 0 amide bonds. The quantitative estimate of drug-likeness (QED) is 0.0961. The summed E-state index contributed by atoms with van der Waals surface area (Å²) < 4.78 is 26.0. The molecule has 4 unspecified atom stereocenters. The van der Waals surface area contributed by atoms with Crippen molar-refractivity contribution in [3.05, 3.63) is 168 Å². The maximum atomic E-state index is 14.2. The zero-order chi connectivity index (χ0) is 42.0. The number of ketones is 1. The second-order valence-electron chi connectivity index (χ2n) is 15.3. The molecule has 2 N–H and O–H groups in total. The molecular weight excluding hydrogens is 821 g/mol. The van der Waals surface area contributed by atoms with Gasteiger partial charge in [-0.05, 0) is 47.2 Å². The van der Waals surface area contributed by atoms with Gasteiger partial charge in [-0.25, -0.2) is 19.0 Å². The van der Waals surface area contributed by atoms with Crippen LogP contribution in [0.1, 0.15) is 47.9 Å². The summed E-state index contributed by atoms with van der Waals surface area (Å²) in [6, 6.07) is 36.3. The highest BCUT2D eigenvalue weighted by Crippen LogP contribution is 2.34. The molecule has 0 saturated heterocycles. The van der Waals surface area contributed by atoms with E-state index in [4.69, 9.17) is 39.1 Å². The molecule has 15 heteroatoms. The first-order valence-corrected chi connectivity index (χ1v) is 22.0. The number of ether oxygens (including phenoxy) is 4. The van der Waals surface area contributed by atoms with Crippen LogP contribution >= 0.6 is 22.7 Å². The normalized spacial score (nSPS) is 15.5. The Bertz CT molecular complexity index is 2730. The minimum atomic E-state index is -0.368. The second-order valence-corrected chi connectivity index (χ2v) is 17.2. The molecule has 2 aliphatic rings. The first-order valence-electron chi connectivity index (χ1n) is 20.4. The Kier molecular flexibility index (Phi) is 10.9. The van der Waals surface area contributed by atoms with Crippen molar-refractivity contribution in [1.29, 1.82) is 0 Å². The molecule has 4 aromatic heterocycles. The molecule has 4 atom stereocenters. The smallest absolute Gasteiger partial charge is 0.229 e. The van der Waals surface area contributed by atoms with Crippen molar-refractivity contribution in [3.8, 4) is 22.5 Å². The zero-order valence-electron chi connectivity index (χ0n) is 33.9. The molecule has 8 aromatic rings. The van der Waals surface area contributed by atoms with Crippen LogP contribution in [0, 0.1) is 0 Å². The van der Waals surface area contributed by atoms with Crippen molar-refractivity contribution >= 4 is 48.6 Å². The number of hydrogen-bond donors (Lipinski definition) is 2. The molecule has 2 aliphatic heterocycles. The molecule has 0 spiro atoms. The van der Waals surface area contributed by atoms with E-state index in [1.165, 1.54) is 22.7 Å². The predicted molar refractivity (Wildman–Crippen MR) is 240 cm³/mol. The molecule has 13 nitrogen and oxygen atoms in total. The molecule has 0 aliphatic carbocycles. The Labute approximate surface area is 365 Å². The van der Waals surface area contributed by atoms with Gasteiger partial charge in [-0.2, -0.15) is 0 Å². The number of hydrogen-bond acceptors (Lipinski definition) is 13. The van der Waals surface area contributed by atoms with Crippen molar-refractivity contribution in [3.63, 3.8) is 0 Å². The van der Waals surface area contributed by atoms with Gasteiger partial charge in [0, 0.05) is 23.0 Å². The number of benzene rings is 4. The SMILES string of the molecule is CC(C(=O)C(C)c1cccc(-c2cnc3sc(NC(Cc4ccccc4)C4=COCO4)nn23)c1)c1cccc(-c2cnc3sc(NC(Cc4ccccc4)C4=COCO4)nn23)c1. The first kappa shape index (κ1) is 39.2. The van der Waals surface area contributed by atoms with Crippen molar-refractivity contribution < 1.29 is 23.7 Å². The van der Waals surface area contributed by atoms with Gasteiger partial charge in [0.05, 0.1) is 35.9 Å². The molecule has 0 bridgehead atoms. The molecule has 6 heterocycles. The fraction of sp³-hybridized carbons (Fsp3) is 0.213. The van der Waals surface area contributed by atoms with Gasteiger partial charge in [0.2, 0.25) is 33.8 Å². The minimum Gasteiger partial charge on any atom is -0.462 e. The summed E-state index contributed by atoms with van der Waals surface area (Å²) in [6.07, 6.45) is 8.37. The van der Waals surface area contributed by atoms with Crippen molar-refractivity contribution in [2.75, 3.05) is 24.2 Å². The number of carbonyl (C=O) groups excluding carboxylic acids is 1. The van der Waals surface area contributed by atoms with E-state index in [0.717, 1.165) is 66.2 Å². The highest BCUT2D eigenvalue weighted by atomic mass is 32.1. The van der Waals surface area contributed by atoms with Crippen LogP contribution in [0.15, 0.2) is 146 Å². The third-order valence-corrected chi connectivity index (χ3v) is 12.9. The lowest BCUT2D eigenvalue weighted by atomic mass is 9.85. The van der Waals surface area contributed by atoms with Crippen LogP contribution in [-0.2, 0) is 36.6 Å². The molecule has 10 rings (SSSR count). The Morgan fingerprint density at radius 3 is 1.50 bits per heavy atom. The summed E-state index contributed by atoms with van der Waals surface area (Å²) in [5.74, 6) is 0.830. The molecule has 0 fully saturated rings. The van der Waals surface area contributed by atoms with Crippen LogP contribution in [0.4, 0.5) is 10.3 Å². The third kappa shape index (κ3) is 8.11. The van der Waals surface area contributed by atoms with Crippen LogP contribution in [-0.4, -0.2) is 60.6 Å². The zero-order valence-corrected chi connectivity index (χ0v) is 35.5. The Hall–Kier alpha value is -6.97. The molecular formula is C47H42N8O5S2. The van der Waals surface area contributed by atoms with E-state index < -0.39 is 0 Å². The number of rotatable bonds is 16. The largest absolute Gasteiger partial charge is 0.462 e. The minimum absolute atomic E-state index is 0.116. The van der Waals surface area contributed by atoms with Gasteiger partial charge in [0.15, 0.2) is 11.5 Å². The van der Waals surface area contributed by atoms with Gasteiger partial charge < -0.3 is 29.6 Å². The van der Waals surface area contributed by atoms with Crippen LogP contribution in [0.5, 0.6) is 0 Å². The summed E-state index contributed by atoms with van der Waals surface area (Å²) in [6.45, 7) is 4.34. The van der Waals surface area contributed by atoms with Crippen LogP contribution in [0.25, 0.3) is 32.4 Å². The Morgan fingerprint density at radius 1 is 0.629 bits per heavy atom. The first-order chi connectivity index (χ1) is 30.4. The third-order valence-electron chi connectivity index (χ3n) is 11.2. The van der Waals surface area contributed by atoms with E-state index in [9.17, 15) is 4.79 Å². The summed E-state index contributed by atoms with van der Waals surface area (Å²) >= 11 is 2.93. The van der Waals surface area contributed by atoms with E-state index in [1.54, 1.807) is 12.5 Å². The summed E-state index contributed by atoms with van der Waals surface area (Å²) in [5, 5.41) is 18.4. The maximum absolute atomic E-state index is 14.2. The lowest BCUT2D eigenvalue weighted by Gasteiger charge is -2.18. The predicted octanol–water partition coefficient (Wildman–Crippen LogP) is 9.44. The highest BCUT2D eigenvalue weighted by molar-refractivity contribution is 7.20. The van der Waals surface area contributed by atoms with Crippen molar-refractivity contribution in [1.82, 2.24) is 29.2 Å². The van der Waals surface area contributed by atoms with Gasteiger partial charge in [-0.15, -0.1) is 10.2 Å². The number of carbonyl (C=O) groups is 1. The van der Waals surface area contributed by atoms with Crippen LogP contribution in [0.2, 0.25) is 0 Å². The maximum Gasteiger partial charge on any atom is 0.229 e. The second kappa shape index (κ2) is 17.2. The Morgan fingerprint density at radius 2 is 1.08 bits per heavy atom. The summed E-state index contributed by atoms with van der Waals surface area (Å²) in [5.41, 5.74) is 7.68. The van der Waals surface area contributed by atoms with Crippen molar-refractivity contribution in [2.24, 2.45) is 0 Å². The number of aromatic nitrogens is 6. The van der Waals surface area contributed by atoms with Gasteiger partial charge >= 0.3 is 0 Å². The van der Waals surface area contributed by atoms with Crippen molar-refractivity contribution in [2.45, 2.75) is 50.6 Å². The van der Waals surface area contributed by atoms with E-state index in [-0.39, 0.29) is 43.3 Å². The molecule has 0 radical (unpaired) electrons. The molecule has 0 saturated carbocycles. The standard InChI is InChI=1S/C47H42N8O5S2/c1-29(33-15-9-17-35(21-33)39-23-48-46-54(39)52-44(61-46)50-37(41-25-57-27-59-41)19-31-11-5-3-6-12-31)43(56)30(2)34-16-10-18-36(22-34)40-24-49-47-55(40)53-45(62-47)51-38(42-26-58-28-60-42)20-32-13-7-4-8-14-32/h3-18,21-26,29-30,37-38H,19-20,27-28H2,1-2H3,(H,50,52)(H,51,53). The number of nitrogens with one attached hydrogen (secondary N) is 2. The number of Topliss-reactive ketones (excluding diaryl/α,β-unsaturated/α-hetero) is 1. The van der Waals surface area contributed by atoms with E-state index in [1.807, 2.05) is 108 Å². The average molecular weight is 863 g/mol.